The van der Waals surface area contributed by atoms with Gasteiger partial charge in [0.15, 0.2) is 11.3 Å². The Morgan fingerprint density at radius 2 is 1.95 bits per heavy atom. The molecule has 39 heavy (non-hydrogen) atoms. The average Bonchev–Trinajstić information content (AvgIpc) is 3.21. The average molecular weight is 573 g/mol. The molecule has 2 aromatic heterocycles. The third-order valence-corrected chi connectivity index (χ3v) is 9.56. The normalized spacial score (nSPS) is 26.7. The summed E-state index contributed by atoms with van der Waals surface area (Å²) >= 11 is 12.6. The second-order valence-corrected chi connectivity index (χ2v) is 12.8. The van der Waals surface area contributed by atoms with Crippen molar-refractivity contribution in [3.8, 4) is 0 Å². The summed E-state index contributed by atoms with van der Waals surface area (Å²) in [6.07, 6.45) is 5.86. The highest BCUT2D eigenvalue weighted by atomic mass is 35.5. The molecule has 0 unspecified atom stereocenters. The molecule has 0 radical (unpaired) electrons. The Bertz CT molecular complexity index is 1400. The van der Waals surface area contributed by atoms with Crippen molar-refractivity contribution >= 4 is 52.0 Å². The van der Waals surface area contributed by atoms with E-state index in [1.807, 2.05) is 39.2 Å². The van der Waals surface area contributed by atoms with Gasteiger partial charge in [0, 0.05) is 42.8 Å². The molecule has 3 aliphatic rings. The minimum absolute atomic E-state index is 0.102. The Balaban J connectivity index is 1.13. The van der Waals surface area contributed by atoms with Crippen LogP contribution < -0.4 is 10.2 Å². The molecule has 0 amide bonds. The van der Waals surface area contributed by atoms with E-state index in [-0.39, 0.29) is 6.04 Å². The molecule has 2 saturated heterocycles. The molecular weight excluding hydrogens is 537 g/mol. The topological polar surface area (TPSA) is 99.4 Å². The molecule has 208 valence electrons. The first kappa shape index (κ1) is 26.6. The molecule has 2 atom stereocenters. The number of carboxylic acids is 1. The summed E-state index contributed by atoms with van der Waals surface area (Å²) in [6.45, 7) is 7.93. The highest BCUT2D eigenvalue weighted by molar-refractivity contribution is 6.35. The molecule has 1 aromatic carbocycles. The lowest BCUT2D eigenvalue weighted by atomic mass is 9.65. The number of carbonyl (C=O) groups is 1. The zero-order valence-corrected chi connectivity index (χ0v) is 24.1. The number of fused-ring (bicyclic) bond motifs is 1. The standard InChI is InChI=1S/C28H35Cl2N7O2/c1-16(21-7-6-19(29)9-22(21)30)31-25-24-23(15-35(3)34-24)32-27(33-25)37-13-18(14-37)17-5-4-8-36(12-17)20-10-28(2,11-20)26(38)39/h6-7,9,15-18,20H,4-5,8,10-14H2,1-3H3,(H,38,39)(H,31,32,33)/t16-,17+,20?,28?/m1/s1. The van der Waals surface area contributed by atoms with Gasteiger partial charge in [0.25, 0.3) is 0 Å². The Hall–Kier alpha value is -2.62. The Morgan fingerprint density at radius 1 is 1.18 bits per heavy atom. The van der Waals surface area contributed by atoms with Crippen molar-refractivity contribution in [1.82, 2.24) is 24.6 Å². The van der Waals surface area contributed by atoms with Crippen molar-refractivity contribution in [2.24, 2.45) is 24.3 Å². The summed E-state index contributed by atoms with van der Waals surface area (Å²) in [5, 5.41) is 18.8. The lowest BCUT2D eigenvalue weighted by Gasteiger charge is -2.52. The number of anilines is 2. The van der Waals surface area contributed by atoms with Crippen LogP contribution in [0.2, 0.25) is 10.0 Å². The fourth-order valence-corrected chi connectivity index (χ4v) is 7.11. The van der Waals surface area contributed by atoms with Crippen LogP contribution in [-0.2, 0) is 11.8 Å². The van der Waals surface area contributed by atoms with E-state index in [4.69, 9.17) is 33.2 Å². The van der Waals surface area contributed by atoms with Gasteiger partial charge in [0.05, 0.1) is 17.7 Å². The van der Waals surface area contributed by atoms with Crippen molar-refractivity contribution in [3.05, 3.63) is 40.0 Å². The minimum atomic E-state index is -0.660. The first-order valence-corrected chi connectivity index (χ1v) is 14.5. The molecule has 11 heteroatoms. The highest BCUT2D eigenvalue weighted by Gasteiger charge is 2.49. The van der Waals surface area contributed by atoms with Crippen LogP contribution in [0.25, 0.3) is 11.0 Å². The third-order valence-electron chi connectivity index (χ3n) is 9.00. The zero-order valence-electron chi connectivity index (χ0n) is 22.6. The van der Waals surface area contributed by atoms with Crippen LogP contribution in [0.15, 0.2) is 24.4 Å². The van der Waals surface area contributed by atoms with Crippen LogP contribution in [0.3, 0.4) is 0 Å². The van der Waals surface area contributed by atoms with Crippen molar-refractivity contribution < 1.29 is 9.90 Å². The molecule has 9 nitrogen and oxygen atoms in total. The second-order valence-electron chi connectivity index (χ2n) is 11.9. The zero-order chi connectivity index (χ0) is 27.5. The molecule has 2 aliphatic heterocycles. The van der Waals surface area contributed by atoms with E-state index in [2.05, 4.69) is 20.2 Å². The fraction of sp³-hybridized carbons (Fsp3) is 0.571. The van der Waals surface area contributed by atoms with Crippen molar-refractivity contribution in [2.75, 3.05) is 36.4 Å². The SMILES string of the molecule is C[C@@H](Nc1nc(N2CC([C@H]3CCCN(C4CC(C)(C(=O)O)C4)C3)C2)nc2cn(C)nc12)c1ccc(Cl)cc1Cl. The van der Waals surface area contributed by atoms with Gasteiger partial charge in [-0.3, -0.25) is 9.48 Å². The number of piperidine rings is 1. The molecule has 0 bridgehead atoms. The number of benzene rings is 1. The summed E-state index contributed by atoms with van der Waals surface area (Å²) < 4.78 is 1.76. The van der Waals surface area contributed by atoms with Gasteiger partial charge < -0.3 is 20.2 Å². The molecule has 3 fully saturated rings. The highest BCUT2D eigenvalue weighted by Crippen LogP contribution is 2.45. The number of aryl methyl sites for hydroxylation is 1. The van der Waals surface area contributed by atoms with Gasteiger partial charge in [-0.05, 0) is 75.6 Å². The quantitative estimate of drug-likeness (QED) is 0.397. The number of hydrogen-bond donors (Lipinski definition) is 2. The van der Waals surface area contributed by atoms with E-state index in [0.717, 1.165) is 55.6 Å². The predicted octanol–water partition coefficient (Wildman–Crippen LogP) is 5.24. The largest absolute Gasteiger partial charge is 0.481 e. The van der Waals surface area contributed by atoms with Gasteiger partial charge in [-0.1, -0.05) is 29.3 Å². The number of aliphatic carboxylic acids is 1. The number of nitrogens with one attached hydrogen (secondary N) is 1. The van der Waals surface area contributed by atoms with E-state index in [1.54, 1.807) is 10.7 Å². The summed E-state index contributed by atoms with van der Waals surface area (Å²) in [5.41, 5.74) is 1.92. The van der Waals surface area contributed by atoms with Gasteiger partial charge in [0.2, 0.25) is 5.95 Å². The second kappa shape index (κ2) is 10.1. The van der Waals surface area contributed by atoms with Gasteiger partial charge in [-0.15, -0.1) is 0 Å². The predicted molar refractivity (Wildman–Crippen MR) is 154 cm³/mol. The molecular formula is C28H35Cl2N7O2. The van der Waals surface area contributed by atoms with E-state index in [0.29, 0.717) is 39.7 Å². The van der Waals surface area contributed by atoms with E-state index >= 15 is 0 Å². The van der Waals surface area contributed by atoms with E-state index < -0.39 is 11.4 Å². The number of aromatic nitrogens is 4. The first-order chi connectivity index (χ1) is 18.6. The van der Waals surface area contributed by atoms with Gasteiger partial charge in [0.1, 0.15) is 5.52 Å². The number of halogens is 2. The maximum absolute atomic E-state index is 11.5. The number of likely N-dealkylation sites (tertiary alicyclic amines) is 1. The van der Waals surface area contributed by atoms with Crippen LogP contribution in [0.1, 0.15) is 51.1 Å². The van der Waals surface area contributed by atoms with E-state index in [9.17, 15) is 9.90 Å². The van der Waals surface area contributed by atoms with Crippen LogP contribution in [0.5, 0.6) is 0 Å². The molecule has 6 rings (SSSR count). The lowest BCUT2D eigenvalue weighted by Crippen LogP contribution is -2.58. The summed E-state index contributed by atoms with van der Waals surface area (Å²) in [5.74, 6) is 1.96. The monoisotopic (exact) mass is 571 g/mol. The van der Waals surface area contributed by atoms with Crippen molar-refractivity contribution in [2.45, 2.75) is 51.6 Å². The molecule has 1 saturated carbocycles. The number of nitrogens with zero attached hydrogens (tertiary/aromatic N) is 6. The fourth-order valence-electron chi connectivity index (χ4n) is 6.53. The number of rotatable bonds is 7. The summed E-state index contributed by atoms with van der Waals surface area (Å²) in [6, 6.07) is 5.83. The molecule has 1 aliphatic carbocycles. The maximum Gasteiger partial charge on any atom is 0.309 e. The molecule has 0 spiro atoms. The van der Waals surface area contributed by atoms with Gasteiger partial charge in [-0.25, -0.2) is 4.98 Å². The van der Waals surface area contributed by atoms with Crippen LogP contribution in [0.4, 0.5) is 11.8 Å². The van der Waals surface area contributed by atoms with Crippen molar-refractivity contribution in [3.63, 3.8) is 0 Å². The summed E-state index contributed by atoms with van der Waals surface area (Å²) in [7, 11) is 1.89. The molecule has 3 aromatic rings. The number of carboxylic acid groups (broad SMARTS) is 1. The van der Waals surface area contributed by atoms with Crippen molar-refractivity contribution in [1.29, 1.82) is 0 Å². The summed E-state index contributed by atoms with van der Waals surface area (Å²) in [4.78, 5) is 26.1. The van der Waals surface area contributed by atoms with Crippen LogP contribution >= 0.6 is 23.2 Å². The van der Waals surface area contributed by atoms with E-state index in [1.165, 1.54) is 12.8 Å². The molecule has 4 heterocycles. The lowest BCUT2D eigenvalue weighted by molar-refractivity contribution is -0.158. The van der Waals surface area contributed by atoms with Gasteiger partial charge in [-0.2, -0.15) is 10.1 Å². The van der Waals surface area contributed by atoms with Crippen LogP contribution in [-0.4, -0.2) is 67.9 Å². The Labute approximate surface area is 238 Å². The minimum Gasteiger partial charge on any atom is -0.481 e. The maximum atomic E-state index is 11.5. The third kappa shape index (κ3) is 5.05. The first-order valence-electron chi connectivity index (χ1n) is 13.7. The van der Waals surface area contributed by atoms with Crippen LogP contribution in [0, 0.1) is 17.3 Å². The number of hydrogen-bond acceptors (Lipinski definition) is 7. The smallest absolute Gasteiger partial charge is 0.309 e. The Kier molecular flexibility index (Phi) is 6.88. The Morgan fingerprint density at radius 3 is 2.67 bits per heavy atom. The van der Waals surface area contributed by atoms with Gasteiger partial charge >= 0.3 is 5.97 Å². The molecule has 2 N–H and O–H groups in total.